The molecule has 150 valence electrons. The molecule has 1 unspecified atom stereocenters. The highest BCUT2D eigenvalue weighted by molar-refractivity contribution is 5.83. The van der Waals surface area contributed by atoms with Gasteiger partial charge >= 0.3 is 0 Å². The first-order valence-corrected chi connectivity index (χ1v) is 10.4. The quantitative estimate of drug-likeness (QED) is 0.771. The average Bonchev–Trinajstić information content (AvgIpc) is 2.71. The van der Waals surface area contributed by atoms with Gasteiger partial charge in [-0.05, 0) is 63.3 Å². The van der Waals surface area contributed by atoms with Crippen molar-refractivity contribution in [2.75, 3.05) is 46.4 Å². The van der Waals surface area contributed by atoms with Crippen LogP contribution in [0, 0.1) is 11.3 Å². The first kappa shape index (κ1) is 20.3. The monoisotopic (exact) mass is 373 g/mol. The summed E-state index contributed by atoms with van der Waals surface area (Å²) >= 11 is 0. The number of hydrogen-bond donors (Lipinski definition) is 2. The van der Waals surface area contributed by atoms with Gasteiger partial charge in [0, 0.05) is 13.7 Å². The van der Waals surface area contributed by atoms with E-state index in [1.54, 1.807) is 7.11 Å². The van der Waals surface area contributed by atoms with Crippen LogP contribution in [0.25, 0.3) is 0 Å². The smallest absolute Gasteiger partial charge is 0.228 e. The van der Waals surface area contributed by atoms with Crippen molar-refractivity contribution in [3.05, 3.63) is 35.9 Å². The Hall–Kier alpha value is -1.43. The molecule has 5 heteroatoms. The maximum Gasteiger partial charge on any atom is 0.228 e. The lowest BCUT2D eigenvalue weighted by molar-refractivity contribution is -0.136. The fraction of sp³-hybridized carbons (Fsp3) is 0.682. The number of nitrogens with one attached hydrogen (secondary N) is 2. The summed E-state index contributed by atoms with van der Waals surface area (Å²) in [6.07, 6.45) is 4.14. The molecular weight excluding hydrogens is 338 g/mol. The zero-order chi connectivity index (χ0) is 19.1. The topological polar surface area (TPSA) is 53.6 Å². The molecule has 2 aliphatic rings. The Labute approximate surface area is 163 Å². The van der Waals surface area contributed by atoms with Gasteiger partial charge < -0.3 is 15.4 Å². The molecule has 3 rings (SSSR count). The second kappa shape index (κ2) is 9.67. The van der Waals surface area contributed by atoms with Crippen LogP contribution in [0.15, 0.2) is 30.3 Å². The maximum absolute atomic E-state index is 13.1. The first-order valence-electron chi connectivity index (χ1n) is 10.4. The molecular formula is C22H35N3O2. The van der Waals surface area contributed by atoms with E-state index < -0.39 is 5.41 Å². The fourth-order valence-electron chi connectivity index (χ4n) is 4.47. The van der Waals surface area contributed by atoms with Gasteiger partial charge in [0.1, 0.15) is 0 Å². The van der Waals surface area contributed by atoms with Gasteiger partial charge in [-0.2, -0.15) is 0 Å². The molecule has 2 heterocycles. The van der Waals surface area contributed by atoms with Crippen molar-refractivity contribution < 1.29 is 9.53 Å². The molecule has 0 spiro atoms. The van der Waals surface area contributed by atoms with Crippen LogP contribution in [0.2, 0.25) is 0 Å². The predicted octanol–water partition coefficient (Wildman–Crippen LogP) is 2.59. The van der Waals surface area contributed by atoms with Gasteiger partial charge in [-0.25, -0.2) is 0 Å². The van der Waals surface area contributed by atoms with E-state index in [0.29, 0.717) is 13.2 Å². The number of carbonyl (C=O) groups is 1. The van der Waals surface area contributed by atoms with E-state index in [4.69, 9.17) is 4.74 Å². The van der Waals surface area contributed by atoms with E-state index in [1.807, 2.05) is 0 Å². The summed E-state index contributed by atoms with van der Waals surface area (Å²) in [6, 6.07) is 10.9. The molecule has 2 saturated heterocycles. The Morgan fingerprint density at radius 2 is 1.93 bits per heavy atom. The lowest BCUT2D eigenvalue weighted by Gasteiger charge is -2.39. The van der Waals surface area contributed by atoms with E-state index in [2.05, 4.69) is 52.8 Å². The van der Waals surface area contributed by atoms with Crippen molar-refractivity contribution in [2.24, 2.45) is 11.3 Å². The summed E-state index contributed by atoms with van der Waals surface area (Å²) in [5.41, 5.74) is 0.899. The summed E-state index contributed by atoms with van der Waals surface area (Å²) < 4.78 is 5.43. The summed E-state index contributed by atoms with van der Waals surface area (Å²) in [6.45, 7) is 7.45. The number of rotatable bonds is 7. The summed E-state index contributed by atoms with van der Waals surface area (Å²) in [5.74, 6) is 0.948. The lowest BCUT2D eigenvalue weighted by Crippen LogP contribution is -2.52. The zero-order valence-corrected chi connectivity index (χ0v) is 16.9. The number of hydrogen-bond acceptors (Lipinski definition) is 4. The Balaban J connectivity index is 1.69. The minimum absolute atomic E-state index is 0.150. The third-order valence-electron chi connectivity index (χ3n) is 6.36. The van der Waals surface area contributed by atoms with Crippen molar-refractivity contribution in [3.63, 3.8) is 0 Å². The molecule has 2 fully saturated rings. The molecule has 1 aromatic rings. The van der Waals surface area contributed by atoms with Crippen molar-refractivity contribution in [1.29, 1.82) is 0 Å². The van der Waals surface area contributed by atoms with E-state index in [-0.39, 0.29) is 11.9 Å². The van der Waals surface area contributed by atoms with E-state index >= 15 is 0 Å². The van der Waals surface area contributed by atoms with Gasteiger partial charge in [0.15, 0.2) is 0 Å². The van der Waals surface area contributed by atoms with Gasteiger partial charge in [-0.1, -0.05) is 37.3 Å². The Kier molecular flexibility index (Phi) is 7.27. The number of carbonyl (C=O) groups excluding carboxylic acids is 1. The molecule has 1 atom stereocenters. The second-order valence-electron chi connectivity index (χ2n) is 8.32. The molecule has 0 aliphatic carbocycles. The van der Waals surface area contributed by atoms with E-state index in [1.165, 1.54) is 18.4 Å². The number of likely N-dealkylation sites (tertiary alicyclic amines) is 1. The molecule has 27 heavy (non-hydrogen) atoms. The van der Waals surface area contributed by atoms with Gasteiger partial charge in [0.2, 0.25) is 5.91 Å². The number of amides is 1. The second-order valence-corrected chi connectivity index (χ2v) is 8.32. The van der Waals surface area contributed by atoms with E-state index in [0.717, 1.165) is 44.9 Å². The van der Waals surface area contributed by atoms with Crippen molar-refractivity contribution in [2.45, 2.75) is 38.6 Å². The van der Waals surface area contributed by atoms with Crippen LogP contribution in [0.5, 0.6) is 0 Å². The molecule has 0 saturated carbocycles. The van der Waals surface area contributed by atoms with E-state index in [9.17, 15) is 4.79 Å². The Morgan fingerprint density at radius 1 is 1.26 bits per heavy atom. The normalized spacial score (nSPS) is 22.3. The highest BCUT2D eigenvalue weighted by atomic mass is 16.5. The van der Waals surface area contributed by atoms with Crippen molar-refractivity contribution in [1.82, 2.24) is 15.5 Å². The predicted molar refractivity (Wildman–Crippen MR) is 109 cm³/mol. The summed E-state index contributed by atoms with van der Waals surface area (Å²) in [4.78, 5) is 15.7. The number of nitrogens with zero attached hydrogens (tertiary/aromatic N) is 1. The fourth-order valence-corrected chi connectivity index (χ4v) is 4.47. The standard InChI is InChI=1S/C22H35N3O2/c1-18-8-14-25(15-9-18)20(19-6-4-3-5-7-19)16-24-21(26)22(17-27-2)10-12-23-13-11-22/h3-7,18,20,23H,8-17H2,1-2H3,(H,24,26). The number of piperidine rings is 2. The Bertz CT molecular complexity index is 573. The SMILES string of the molecule is COCC1(C(=O)NCC(c2ccccc2)N2CCC(C)CC2)CCNCC1. The molecule has 0 bridgehead atoms. The maximum atomic E-state index is 13.1. The molecule has 2 N–H and O–H groups in total. The minimum atomic E-state index is -0.391. The molecule has 0 radical (unpaired) electrons. The van der Waals surface area contributed by atoms with Gasteiger partial charge in [-0.15, -0.1) is 0 Å². The van der Waals surface area contributed by atoms with Crippen LogP contribution < -0.4 is 10.6 Å². The average molecular weight is 374 g/mol. The summed E-state index contributed by atoms with van der Waals surface area (Å²) in [5, 5.41) is 6.65. The molecule has 2 aliphatic heterocycles. The third-order valence-corrected chi connectivity index (χ3v) is 6.36. The molecule has 5 nitrogen and oxygen atoms in total. The van der Waals surface area contributed by atoms with Crippen molar-refractivity contribution in [3.8, 4) is 0 Å². The zero-order valence-electron chi connectivity index (χ0n) is 16.9. The highest BCUT2D eigenvalue weighted by Crippen LogP contribution is 2.31. The van der Waals surface area contributed by atoms with Crippen LogP contribution in [-0.4, -0.2) is 57.2 Å². The molecule has 1 amide bonds. The Morgan fingerprint density at radius 3 is 2.56 bits per heavy atom. The number of methoxy groups -OCH3 is 1. The highest BCUT2D eigenvalue weighted by Gasteiger charge is 2.40. The molecule has 1 aromatic carbocycles. The van der Waals surface area contributed by atoms with Crippen LogP contribution in [0.1, 0.15) is 44.2 Å². The van der Waals surface area contributed by atoms with Gasteiger partial charge in [-0.3, -0.25) is 9.69 Å². The van der Waals surface area contributed by atoms with Crippen molar-refractivity contribution >= 4 is 5.91 Å². The largest absolute Gasteiger partial charge is 0.384 e. The third kappa shape index (κ3) is 5.09. The number of benzene rings is 1. The lowest BCUT2D eigenvalue weighted by atomic mass is 9.78. The minimum Gasteiger partial charge on any atom is -0.384 e. The van der Waals surface area contributed by atoms with Gasteiger partial charge in [0.05, 0.1) is 18.1 Å². The van der Waals surface area contributed by atoms with Gasteiger partial charge in [0.25, 0.3) is 0 Å². The van der Waals surface area contributed by atoms with Crippen LogP contribution in [0.3, 0.4) is 0 Å². The van der Waals surface area contributed by atoms with Crippen LogP contribution in [0.4, 0.5) is 0 Å². The number of ether oxygens (including phenoxy) is 1. The molecule has 0 aromatic heterocycles. The van der Waals surface area contributed by atoms with Crippen LogP contribution in [-0.2, 0) is 9.53 Å². The van der Waals surface area contributed by atoms with Crippen LogP contribution >= 0.6 is 0 Å². The first-order chi connectivity index (χ1) is 13.1. The summed E-state index contributed by atoms with van der Waals surface area (Å²) in [7, 11) is 1.69.